The third-order valence-corrected chi connectivity index (χ3v) is 5.04. The summed E-state index contributed by atoms with van der Waals surface area (Å²) in [5, 5.41) is 2.60. The van der Waals surface area contributed by atoms with Crippen LogP contribution in [0, 0.1) is 0 Å². The Morgan fingerprint density at radius 2 is 2.14 bits per heavy atom. The summed E-state index contributed by atoms with van der Waals surface area (Å²) >= 11 is 1.38. The summed E-state index contributed by atoms with van der Waals surface area (Å²) in [6.07, 6.45) is 0.876. The molecular weight excluding hydrogens is 382 g/mol. The van der Waals surface area contributed by atoms with Gasteiger partial charge in [0.2, 0.25) is 0 Å². The predicted molar refractivity (Wildman–Crippen MR) is 106 cm³/mol. The number of pyridine rings is 1. The summed E-state index contributed by atoms with van der Waals surface area (Å²) in [5.74, 6) is -0.648. The van der Waals surface area contributed by atoms with E-state index in [2.05, 4.69) is 0 Å². The van der Waals surface area contributed by atoms with Crippen molar-refractivity contribution in [3.63, 3.8) is 0 Å². The molecule has 1 fully saturated rings. The Balaban J connectivity index is 1.77. The van der Waals surface area contributed by atoms with E-state index in [0.29, 0.717) is 6.54 Å². The normalized spacial score (nSPS) is 16.9. The number of carbonyl (C=O) groups is 2. The molecule has 0 bridgehead atoms. The molecule has 28 heavy (non-hydrogen) atoms. The van der Waals surface area contributed by atoms with Crippen LogP contribution in [0.2, 0.25) is 0 Å². The Labute approximate surface area is 166 Å². The fraction of sp³-hybridized carbons (Fsp3) is 0.421. The summed E-state index contributed by atoms with van der Waals surface area (Å²) in [6, 6.07) is 4.92. The lowest BCUT2D eigenvalue weighted by molar-refractivity contribution is 0.00668. The van der Waals surface area contributed by atoms with Gasteiger partial charge in [-0.3, -0.25) is 9.69 Å². The standard InChI is InChI=1S/C19H23N3O5S/c1-19(2,3)27-17(24)14-5-4-6-21(16(14)23)9-12-7-15(28-11-12)22-10-13(8-20)26-18(22)25/h4-7,11,13H,8-10,20H2,1-3H3/t13-/m0/s1. The molecule has 2 aromatic heterocycles. The van der Waals surface area contributed by atoms with E-state index < -0.39 is 23.2 Å². The van der Waals surface area contributed by atoms with Gasteiger partial charge < -0.3 is 19.8 Å². The number of ether oxygens (including phenoxy) is 2. The van der Waals surface area contributed by atoms with Crippen LogP contribution in [0.3, 0.4) is 0 Å². The van der Waals surface area contributed by atoms with Crippen molar-refractivity contribution in [2.24, 2.45) is 5.73 Å². The number of nitrogens with two attached hydrogens (primary N) is 1. The second kappa shape index (κ2) is 7.76. The van der Waals surface area contributed by atoms with E-state index >= 15 is 0 Å². The van der Waals surface area contributed by atoms with Crippen molar-refractivity contribution in [2.45, 2.75) is 39.0 Å². The predicted octanol–water partition coefficient (Wildman–Crippen LogP) is 2.20. The first-order valence-electron chi connectivity index (χ1n) is 8.86. The Kier molecular flexibility index (Phi) is 5.57. The average molecular weight is 405 g/mol. The van der Waals surface area contributed by atoms with Crippen LogP contribution in [-0.4, -0.2) is 41.4 Å². The Bertz CT molecular complexity index is 944. The zero-order chi connectivity index (χ0) is 20.5. The van der Waals surface area contributed by atoms with Gasteiger partial charge in [-0.1, -0.05) is 0 Å². The number of rotatable bonds is 5. The van der Waals surface area contributed by atoms with E-state index in [4.69, 9.17) is 15.2 Å². The smallest absolute Gasteiger partial charge is 0.415 e. The van der Waals surface area contributed by atoms with E-state index in [9.17, 15) is 14.4 Å². The van der Waals surface area contributed by atoms with Gasteiger partial charge in [-0.15, -0.1) is 11.3 Å². The fourth-order valence-electron chi connectivity index (χ4n) is 2.76. The maximum Gasteiger partial charge on any atom is 0.415 e. The molecule has 8 nitrogen and oxygen atoms in total. The Hall–Kier alpha value is -2.65. The lowest BCUT2D eigenvalue weighted by Gasteiger charge is -2.19. The molecule has 1 saturated heterocycles. The number of hydrogen-bond donors (Lipinski definition) is 1. The third kappa shape index (κ3) is 4.42. The highest BCUT2D eigenvalue weighted by Crippen LogP contribution is 2.29. The van der Waals surface area contributed by atoms with Crippen LogP contribution in [-0.2, 0) is 16.0 Å². The maximum absolute atomic E-state index is 12.7. The summed E-state index contributed by atoms with van der Waals surface area (Å²) in [5.41, 5.74) is 5.28. The van der Waals surface area contributed by atoms with Crippen molar-refractivity contribution < 1.29 is 19.1 Å². The molecule has 0 aliphatic carbocycles. The SMILES string of the molecule is CC(C)(C)OC(=O)c1cccn(Cc2csc(N3C[C@H](CN)OC3=O)c2)c1=O. The molecule has 1 amide bonds. The second-order valence-electron chi connectivity index (χ2n) is 7.50. The van der Waals surface area contributed by atoms with Crippen molar-refractivity contribution in [1.82, 2.24) is 4.57 Å². The van der Waals surface area contributed by atoms with Gasteiger partial charge in [0, 0.05) is 12.7 Å². The average Bonchev–Trinajstić information content (AvgIpc) is 3.21. The molecule has 3 heterocycles. The van der Waals surface area contributed by atoms with Gasteiger partial charge in [0.25, 0.3) is 5.56 Å². The zero-order valence-corrected chi connectivity index (χ0v) is 16.8. The van der Waals surface area contributed by atoms with E-state index in [-0.39, 0.29) is 24.8 Å². The van der Waals surface area contributed by atoms with Gasteiger partial charge in [0.1, 0.15) is 22.3 Å². The van der Waals surface area contributed by atoms with Crippen LogP contribution in [0.15, 0.2) is 34.6 Å². The topological polar surface area (TPSA) is 104 Å². The van der Waals surface area contributed by atoms with Crippen molar-refractivity contribution >= 4 is 28.4 Å². The number of amides is 1. The van der Waals surface area contributed by atoms with Crippen LogP contribution in [0.4, 0.5) is 9.80 Å². The minimum Gasteiger partial charge on any atom is -0.456 e. The van der Waals surface area contributed by atoms with Gasteiger partial charge in [-0.25, -0.2) is 9.59 Å². The van der Waals surface area contributed by atoms with Gasteiger partial charge in [0.15, 0.2) is 0 Å². The molecule has 9 heteroatoms. The first-order valence-corrected chi connectivity index (χ1v) is 9.74. The highest BCUT2D eigenvalue weighted by atomic mass is 32.1. The first-order chi connectivity index (χ1) is 13.2. The number of anilines is 1. The zero-order valence-electron chi connectivity index (χ0n) is 16.0. The van der Waals surface area contributed by atoms with Gasteiger partial charge in [0.05, 0.1) is 13.1 Å². The number of nitrogens with zero attached hydrogens (tertiary/aromatic N) is 2. The number of thiophene rings is 1. The van der Waals surface area contributed by atoms with Crippen LogP contribution in [0.1, 0.15) is 36.7 Å². The Morgan fingerprint density at radius 3 is 2.79 bits per heavy atom. The molecule has 1 aliphatic heterocycles. The number of hydrogen-bond acceptors (Lipinski definition) is 7. The highest BCUT2D eigenvalue weighted by Gasteiger charge is 2.32. The number of esters is 1. The van der Waals surface area contributed by atoms with Gasteiger partial charge >= 0.3 is 12.1 Å². The molecule has 0 radical (unpaired) electrons. The minimum atomic E-state index is -0.682. The van der Waals surface area contributed by atoms with Crippen LogP contribution in [0.5, 0.6) is 0 Å². The molecule has 0 saturated carbocycles. The molecule has 0 aromatic carbocycles. The molecule has 1 aliphatic rings. The quantitative estimate of drug-likeness (QED) is 0.765. The first kappa shape index (κ1) is 20.1. The van der Waals surface area contributed by atoms with Crippen molar-refractivity contribution in [3.05, 3.63) is 51.3 Å². The summed E-state index contributed by atoms with van der Waals surface area (Å²) in [4.78, 5) is 38.4. The fourth-order valence-corrected chi connectivity index (χ4v) is 3.67. The lowest BCUT2D eigenvalue weighted by Crippen LogP contribution is -2.31. The van der Waals surface area contributed by atoms with Crippen LogP contribution >= 0.6 is 11.3 Å². The third-order valence-electron chi connectivity index (χ3n) is 4.03. The molecule has 0 unspecified atom stereocenters. The molecule has 3 rings (SSSR count). The van der Waals surface area contributed by atoms with Gasteiger partial charge in [-0.05, 0) is 49.9 Å². The Morgan fingerprint density at radius 1 is 1.39 bits per heavy atom. The van der Waals surface area contributed by atoms with Crippen molar-refractivity contribution in [1.29, 1.82) is 0 Å². The maximum atomic E-state index is 12.7. The minimum absolute atomic E-state index is 0.0122. The molecule has 1 atom stereocenters. The molecule has 2 aromatic rings. The van der Waals surface area contributed by atoms with Gasteiger partial charge in [-0.2, -0.15) is 0 Å². The van der Waals surface area contributed by atoms with Crippen molar-refractivity contribution in [3.8, 4) is 0 Å². The summed E-state index contributed by atoms with van der Waals surface area (Å²) < 4.78 is 11.9. The monoisotopic (exact) mass is 405 g/mol. The van der Waals surface area contributed by atoms with Crippen LogP contribution < -0.4 is 16.2 Å². The number of aromatic nitrogens is 1. The largest absolute Gasteiger partial charge is 0.456 e. The molecule has 2 N–H and O–H groups in total. The van der Waals surface area contributed by atoms with E-state index in [0.717, 1.165) is 10.6 Å². The van der Waals surface area contributed by atoms with Crippen LogP contribution in [0.25, 0.3) is 0 Å². The molecular formula is C19H23N3O5S. The van der Waals surface area contributed by atoms with E-state index in [1.165, 1.54) is 26.9 Å². The van der Waals surface area contributed by atoms with E-state index in [1.54, 1.807) is 33.0 Å². The molecule has 0 spiro atoms. The number of carbonyl (C=O) groups excluding carboxylic acids is 2. The summed E-state index contributed by atoms with van der Waals surface area (Å²) in [6.45, 7) is 6.19. The summed E-state index contributed by atoms with van der Waals surface area (Å²) in [7, 11) is 0. The molecule has 150 valence electrons. The number of cyclic esters (lactones) is 1. The van der Waals surface area contributed by atoms with E-state index in [1.807, 2.05) is 11.4 Å². The second-order valence-corrected chi connectivity index (χ2v) is 8.39. The lowest BCUT2D eigenvalue weighted by atomic mass is 10.2. The van der Waals surface area contributed by atoms with Crippen molar-refractivity contribution in [2.75, 3.05) is 18.0 Å². The highest BCUT2D eigenvalue weighted by molar-refractivity contribution is 7.14.